The Morgan fingerprint density at radius 3 is 1.92 bits per heavy atom. The van der Waals surface area contributed by atoms with Gasteiger partial charge in [0.25, 0.3) is 0 Å². The summed E-state index contributed by atoms with van der Waals surface area (Å²) in [7, 11) is 0. The third-order valence-electron chi connectivity index (χ3n) is 9.69. The van der Waals surface area contributed by atoms with Crippen LogP contribution in [-0.4, -0.2) is 24.9 Å². The zero-order valence-corrected chi connectivity index (χ0v) is 15.9. The Morgan fingerprint density at radius 2 is 1.24 bits per heavy atom. The predicted octanol–water partition coefficient (Wildman–Crippen LogP) is 5.06. The molecule has 11 unspecified atom stereocenters. The molecule has 0 aromatic rings. The molecule has 6 fully saturated rings. The van der Waals surface area contributed by atoms with Crippen molar-refractivity contribution >= 4 is 0 Å². The molecule has 6 rings (SSSR count). The summed E-state index contributed by atoms with van der Waals surface area (Å²) in [6.45, 7) is 3.11. The van der Waals surface area contributed by atoms with Crippen molar-refractivity contribution in [2.45, 2.75) is 89.4 Å². The molecular weight excluding hydrogens is 308 g/mol. The SMILES string of the molecule is CC(COC1CC2CC1C1CCCC21)OC1CC2CC1C1CCCC21. The summed E-state index contributed by atoms with van der Waals surface area (Å²) in [5.41, 5.74) is 0. The Morgan fingerprint density at radius 1 is 0.680 bits per heavy atom. The maximum atomic E-state index is 6.55. The van der Waals surface area contributed by atoms with Crippen LogP contribution in [0.5, 0.6) is 0 Å². The van der Waals surface area contributed by atoms with Crippen molar-refractivity contribution in [3.8, 4) is 0 Å². The summed E-state index contributed by atoms with van der Waals surface area (Å²) in [4.78, 5) is 0. The zero-order chi connectivity index (χ0) is 16.5. The van der Waals surface area contributed by atoms with Gasteiger partial charge in [-0.3, -0.25) is 0 Å². The summed E-state index contributed by atoms with van der Waals surface area (Å²) in [6, 6.07) is 0. The van der Waals surface area contributed by atoms with Gasteiger partial charge in [0.2, 0.25) is 0 Å². The highest BCUT2D eigenvalue weighted by Crippen LogP contribution is 2.60. The number of ether oxygens (including phenoxy) is 2. The van der Waals surface area contributed by atoms with E-state index in [-0.39, 0.29) is 0 Å². The van der Waals surface area contributed by atoms with Gasteiger partial charge >= 0.3 is 0 Å². The lowest BCUT2D eigenvalue weighted by Crippen LogP contribution is -2.36. The van der Waals surface area contributed by atoms with Crippen LogP contribution in [0.4, 0.5) is 0 Å². The fourth-order valence-electron chi connectivity index (χ4n) is 8.96. The van der Waals surface area contributed by atoms with Crippen molar-refractivity contribution < 1.29 is 9.47 Å². The Kier molecular flexibility index (Phi) is 3.80. The summed E-state index contributed by atoms with van der Waals surface area (Å²) >= 11 is 0. The molecule has 0 aromatic carbocycles. The Labute approximate surface area is 153 Å². The number of fused-ring (bicyclic) bond motifs is 10. The predicted molar refractivity (Wildman–Crippen MR) is 98.2 cm³/mol. The normalized spacial score (nSPS) is 56.5. The lowest BCUT2D eigenvalue weighted by molar-refractivity contribution is -0.104. The molecule has 0 heterocycles. The second kappa shape index (κ2) is 5.96. The van der Waals surface area contributed by atoms with Gasteiger partial charge in [-0.05, 0) is 106 Å². The molecule has 140 valence electrons. The van der Waals surface area contributed by atoms with Crippen LogP contribution in [-0.2, 0) is 9.47 Å². The largest absolute Gasteiger partial charge is 0.375 e. The average Bonchev–Trinajstić information content (AvgIpc) is 3.40. The molecule has 0 saturated heterocycles. The third-order valence-corrected chi connectivity index (χ3v) is 9.69. The molecule has 11 atom stereocenters. The zero-order valence-electron chi connectivity index (χ0n) is 15.9. The van der Waals surface area contributed by atoms with Gasteiger partial charge in [0.05, 0.1) is 24.9 Å². The maximum absolute atomic E-state index is 6.55. The third kappa shape index (κ3) is 2.42. The van der Waals surface area contributed by atoms with Crippen molar-refractivity contribution in [2.75, 3.05) is 6.61 Å². The van der Waals surface area contributed by atoms with Crippen LogP contribution in [0.25, 0.3) is 0 Å². The van der Waals surface area contributed by atoms with Gasteiger partial charge in [-0.2, -0.15) is 0 Å². The molecule has 0 N–H and O–H groups in total. The van der Waals surface area contributed by atoms with Gasteiger partial charge in [0, 0.05) is 0 Å². The minimum Gasteiger partial charge on any atom is -0.375 e. The second-order valence-corrected chi connectivity index (χ2v) is 10.7. The van der Waals surface area contributed by atoms with Crippen molar-refractivity contribution in [1.82, 2.24) is 0 Å². The Balaban J connectivity index is 1.01. The number of hydrogen-bond donors (Lipinski definition) is 0. The molecule has 0 aliphatic heterocycles. The number of hydrogen-bond acceptors (Lipinski definition) is 2. The van der Waals surface area contributed by atoms with E-state index >= 15 is 0 Å². The van der Waals surface area contributed by atoms with Crippen molar-refractivity contribution in [2.24, 2.45) is 47.3 Å². The van der Waals surface area contributed by atoms with E-state index in [0.717, 1.165) is 54.0 Å². The fourth-order valence-corrected chi connectivity index (χ4v) is 8.96. The van der Waals surface area contributed by atoms with Crippen molar-refractivity contribution in [3.05, 3.63) is 0 Å². The summed E-state index contributed by atoms with van der Waals surface area (Å²) in [5, 5.41) is 0. The average molecular weight is 345 g/mol. The van der Waals surface area contributed by atoms with E-state index in [1.807, 2.05) is 0 Å². The highest BCUT2D eigenvalue weighted by atomic mass is 16.5. The summed E-state index contributed by atoms with van der Waals surface area (Å²) < 4.78 is 13.0. The van der Waals surface area contributed by atoms with E-state index in [1.54, 1.807) is 0 Å². The van der Waals surface area contributed by atoms with Gasteiger partial charge in [0.15, 0.2) is 0 Å². The molecule has 4 bridgehead atoms. The van der Waals surface area contributed by atoms with E-state index in [1.165, 1.54) is 64.2 Å². The molecule has 25 heavy (non-hydrogen) atoms. The van der Waals surface area contributed by atoms with Crippen molar-refractivity contribution in [1.29, 1.82) is 0 Å². The van der Waals surface area contributed by atoms with Crippen LogP contribution in [0.3, 0.4) is 0 Å². The second-order valence-electron chi connectivity index (χ2n) is 10.7. The van der Waals surface area contributed by atoms with Crippen LogP contribution in [0.2, 0.25) is 0 Å². The lowest BCUT2D eigenvalue weighted by atomic mass is 9.80. The smallest absolute Gasteiger partial charge is 0.0784 e. The standard InChI is InChI=1S/C23H36O2/c1-13(25-23-11-15-9-21(23)19-7-3-5-17(15)19)12-24-22-10-14-8-20(22)18-6-2-4-16(14)18/h13-23H,2-12H2,1H3. The van der Waals surface area contributed by atoms with Crippen LogP contribution in [0, 0.1) is 47.3 Å². The first-order chi connectivity index (χ1) is 12.3. The van der Waals surface area contributed by atoms with Gasteiger partial charge in [-0.15, -0.1) is 0 Å². The lowest BCUT2D eigenvalue weighted by Gasteiger charge is -2.35. The highest BCUT2D eigenvalue weighted by Gasteiger charge is 2.55. The molecule has 2 heteroatoms. The molecule has 0 amide bonds. The quantitative estimate of drug-likeness (QED) is 0.694. The highest BCUT2D eigenvalue weighted by molar-refractivity contribution is 5.05. The molecule has 0 spiro atoms. The first kappa shape index (κ1) is 15.9. The number of rotatable bonds is 5. The van der Waals surface area contributed by atoms with Gasteiger partial charge in [0.1, 0.15) is 0 Å². The molecule has 0 radical (unpaired) electrons. The van der Waals surface area contributed by atoms with Gasteiger partial charge < -0.3 is 9.47 Å². The first-order valence-corrected chi connectivity index (χ1v) is 11.5. The molecule has 6 saturated carbocycles. The van der Waals surface area contributed by atoms with Crippen LogP contribution in [0.1, 0.15) is 71.1 Å². The van der Waals surface area contributed by atoms with Gasteiger partial charge in [-0.25, -0.2) is 0 Å². The summed E-state index contributed by atoms with van der Waals surface area (Å²) in [5.74, 6) is 7.97. The van der Waals surface area contributed by atoms with E-state index in [9.17, 15) is 0 Å². The maximum Gasteiger partial charge on any atom is 0.0784 e. The monoisotopic (exact) mass is 344 g/mol. The first-order valence-electron chi connectivity index (χ1n) is 11.5. The van der Waals surface area contributed by atoms with E-state index in [4.69, 9.17) is 9.47 Å². The fraction of sp³-hybridized carbons (Fsp3) is 1.00. The molecule has 6 aliphatic rings. The molecule has 2 nitrogen and oxygen atoms in total. The molecule has 6 aliphatic carbocycles. The van der Waals surface area contributed by atoms with Gasteiger partial charge in [-0.1, -0.05) is 12.8 Å². The minimum atomic E-state index is 0.294. The van der Waals surface area contributed by atoms with Crippen LogP contribution in [0.15, 0.2) is 0 Å². The minimum absolute atomic E-state index is 0.294. The van der Waals surface area contributed by atoms with Crippen LogP contribution >= 0.6 is 0 Å². The Bertz CT molecular complexity index is 518. The summed E-state index contributed by atoms with van der Waals surface area (Å²) in [6.07, 6.45) is 16.1. The van der Waals surface area contributed by atoms with E-state index in [2.05, 4.69) is 6.92 Å². The van der Waals surface area contributed by atoms with E-state index in [0.29, 0.717) is 18.3 Å². The molecular formula is C23H36O2. The van der Waals surface area contributed by atoms with Crippen molar-refractivity contribution in [3.63, 3.8) is 0 Å². The Hall–Kier alpha value is -0.0800. The molecule has 0 aromatic heterocycles. The van der Waals surface area contributed by atoms with Crippen LogP contribution < -0.4 is 0 Å². The van der Waals surface area contributed by atoms with E-state index < -0.39 is 0 Å². The topological polar surface area (TPSA) is 18.5 Å².